The number of carbonyl (C=O) groups excluding carboxylic acids is 1. The molecule has 0 unspecified atom stereocenters. The van der Waals surface area contributed by atoms with Crippen LogP contribution in [0.1, 0.15) is 67.9 Å². The lowest BCUT2D eigenvalue weighted by atomic mass is 9.80. The van der Waals surface area contributed by atoms with E-state index in [0.29, 0.717) is 25.4 Å². The number of ether oxygens (including phenoxy) is 2. The van der Waals surface area contributed by atoms with Crippen molar-refractivity contribution in [2.75, 3.05) is 33.4 Å². The van der Waals surface area contributed by atoms with E-state index in [4.69, 9.17) is 9.47 Å². The highest BCUT2D eigenvalue weighted by Crippen LogP contribution is 2.43. The van der Waals surface area contributed by atoms with Gasteiger partial charge in [-0.1, -0.05) is 6.92 Å². The SMILES string of the molecule is COCCOC(=O)N1CC[C@H](C)[C@@H](c2cc(C)nc3c(F)c([C@H]4CC[C@H](C(F)(F)F)CC4)nn23)C1. The van der Waals surface area contributed by atoms with Gasteiger partial charge in [-0.3, -0.25) is 0 Å². The third kappa shape index (κ3) is 5.39. The fraction of sp³-hybridized carbons (Fsp3) is 0.708. The number of likely N-dealkylation sites (tertiary alicyclic amines) is 1. The van der Waals surface area contributed by atoms with Crippen molar-refractivity contribution in [3.8, 4) is 0 Å². The molecule has 3 heterocycles. The highest BCUT2D eigenvalue weighted by atomic mass is 19.4. The van der Waals surface area contributed by atoms with Gasteiger partial charge in [-0.15, -0.1) is 0 Å². The van der Waals surface area contributed by atoms with E-state index in [-0.39, 0.29) is 61.4 Å². The van der Waals surface area contributed by atoms with Crippen LogP contribution in [0, 0.1) is 24.6 Å². The van der Waals surface area contributed by atoms with Gasteiger partial charge >= 0.3 is 12.3 Å². The minimum absolute atomic E-state index is 0.0272. The van der Waals surface area contributed by atoms with Crippen LogP contribution < -0.4 is 0 Å². The van der Waals surface area contributed by atoms with Crippen molar-refractivity contribution >= 4 is 11.7 Å². The topological polar surface area (TPSA) is 69.0 Å². The van der Waals surface area contributed by atoms with Crippen LogP contribution >= 0.6 is 0 Å². The Kier molecular flexibility index (Phi) is 7.54. The number of aromatic nitrogens is 3. The summed E-state index contributed by atoms with van der Waals surface area (Å²) < 4.78 is 66.4. The van der Waals surface area contributed by atoms with Crippen molar-refractivity contribution in [2.24, 2.45) is 11.8 Å². The van der Waals surface area contributed by atoms with Crippen LogP contribution in [0.4, 0.5) is 22.4 Å². The molecule has 0 aromatic carbocycles. The van der Waals surface area contributed by atoms with Gasteiger partial charge in [-0.25, -0.2) is 18.7 Å². The lowest BCUT2D eigenvalue weighted by Crippen LogP contribution is -2.43. The van der Waals surface area contributed by atoms with Crippen molar-refractivity contribution < 1.29 is 31.8 Å². The number of aryl methyl sites for hydroxylation is 1. The molecule has 1 aliphatic carbocycles. The van der Waals surface area contributed by atoms with E-state index in [0.717, 1.165) is 12.1 Å². The van der Waals surface area contributed by atoms with Crippen LogP contribution in [0.2, 0.25) is 0 Å². The van der Waals surface area contributed by atoms with Gasteiger partial charge in [0, 0.05) is 37.7 Å². The standard InChI is InChI=1S/C24H32F4N4O3/c1-14-8-9-31(23(33)35-11-10-34-3)13-18(14)19-12-15(2)29-22-20(25)21(30-32(19)22)16-4-6-17(7-5-16)24(26,27)28/h12,14,16-18H,4-11,13H2,1-3H3/t14-,16-,17-,18-/m0/s1. The smallest absolute Gasteiger partial charge is 0.409 e. The number of amides is 1. The van der Waals surface area contributed by atoms with Gasteiger partial charge in [0.1, 0.15) is 12.3 Å². The molecular formula is C24H32F4N4O3. The van der Waals surface area contributed by atoms with Crippen LogP contribution in [0.25, 0.3) is 5.65 Å². The Bertz CT molecular complexity index is 1050. The highest BCUT2D eigenvalue weighted by Gasteiger charge is 2.42. The minimum atomic E-state index is -4.22. The van der Waals surface area contributed by atoms with Crippen molar-refractivity contribution in [1.29, 1.82) is 0 Å². The van der Waals surface area contributed by atoms with E-state index in [2.05, 4.69) is 17.0 Å². The van der Waals surface area contributed by atoms with E-state index >= 15 is 4.39 Å². The summed E-state index contributed by atoms with van der Waals surface area (Å²) in [6.07, 6.45) is -3.48. The largest absolute Gasteiger partial charge is 0.447 e. The van der Waals surface area contributed by atoms with Crippen LogP contribution in [-0.4, -0.2) is 65.2 Å². The molecule has 2 aromatic rings. The van der Waals surface area contributed by atoms with Crippen molar-refractivity contribution in [2.45, 2.75) is 64.0 Å². The third-order valence-corrected chi connectivity index (χ3v) is 7.40. The summed E-state index contributed by atoms with van der Waals surface area (Å²) in [6.45, 7) is 5.27. The molecule has 0 radical (unpaired) electrons. The Balaban J connectivity index is 1.60. The molecule has 1 amide bonds. The summed E-state index contributed by atoms with van der Waals surface area (Å²) in [5, 5.41) is 4.55. The van der Waals surface area contributed by atoms with Gasteiger partial charge in [-0.05, 0) is 51.0 Å². The first-order valence-electron chi connectivity index (χ1n) is 12.1. The average Bonchev–Trinajstić information content (AvgIpc) is 3.15. The lowest BCUT2D eigenvalue weighted by molar-refractivity contribution is -0.182. The number of piperidine rings is 1. The molecular weight excluding hydrogens is 468 g/mol. The fourth-order valence-corrected chi connectivity index (χ4v) is 5.30. The maximum absolute atomic E-state index is 15.5. The molecule has 11 heteroatoms. The molecule has 0 N–H and O–H groups in total. The quantitative estimate of drug-likeness (QED) is 0.416. The maximum atomic E-state index is 15.5. The van der Waals surface area contributed by atoms with Gasteiger partial charge in [0.2, 0.25) is 0 Å². The van der Waals surface area contributed by atoms with E-state index in [1.807, 2.05) is 6.07 Å². The minimum Gasteiger partial charge on any atom is -0.447 e. The number of hydrogen-bond donors (Lipinski definition) is 0. The normalized spacial score (nSPS) is 25.7. The van der Waals surface area contributed by atoms with Crippen LogP contribution in [0.15, 0.2) is 6.07 Å². The summed E-state index contributed by atoms with van der Waals surface area (Å²) in [5.41, 5.74) is 1.62. The molecule has 1 saturated carbocycles. The predicted octanol–water partition coefficient (Wildman–Crippen LogP) is 5.22. The van der Waals surface area contributed by atoms with Gasteiger partial charge in [0.25, 0.3) is 0 Å². The molecule has 7 nitrogen and oxygen atoms in total. The van der Waals surface area contributed by atoms with Crippen molar-refractivity contribution in [3.05, 3.63) is 29.0 Å². The molecule has 2 atom stereocenters. The zero-order valence-electron chi connectivity index (χ0n) is 20.3. The molecule has 0 spiro atoms. The molecule has 194 valence electrons. The molecule has 2 aromatic heterocycles. The monoisotopic (exact) mass is 500 g/mol. The first kappa shape index (κ1) is 25.7. The summed E-state index contributed by atoms with van der Waals surface area (Å²) in [6, 6.07) is 1.85. The molecule has 1 aliphatic heterocycles. The number of hydrogen-bond acceptors (Lipinski definition) is 5. The van der Waals surface area contributed by atoms with Gasteiger partial charge in [0.05, 0.1) is 18.2 Å². The molecule has 35 heavy (non-hydrogen) atoms. The van der Waals surface area contributed by atoms with E-state index < -0.39 is 24.0 Å². The van der Waals surface area contributed by atoms with Gasteiger partial charge < -0.3 is 14.4 Å². The van der Waals surface area contributed by atoms with E-state index in [1.165, 1.54) is 11.6 Å². The number of nitrogens with zero attached hydrogens (tertiary/aromatic N) is 4. The summed E-state index contributed by atoms with van der Waals surface area (Å²) in [4.78, 5) is 18.5. The van der Waals surface area contributed by atoms with E-state index in [1.54, 1.807) is 11.8 Å². The summed E-state index contributed by atoms with van der Waals surface area (Å²) in [5.74, 6) is -2.21. The first-order chi connectivity index (χ1) is 16.6. The molecule has 4 rings (SSSR count). The fourth-order valence-electron chi connectivity index (χ4n) is 5.30. The average molecular weight is 501 g/mol. The Labute approximate surface area is 201 Å². The second kappa shape index (κ2) is 10.3. The number of fused-ring (bicyclic) bond motifs is 1. The van der Waals surface area contributed by atoms with Crippen LogP contribution in [0.3, 0.4) is 0 Å². The Hall–Kier alpha value is -2.43. The zero-order chi connectivity index (χ0) is 25.3. The number of halogens is 4. The number of methoxy groups -OCH3 is 1. The van der Waals surface area contributed by atoms with Crippen molar-refractivity contribution in [3.63, 3.8) is 0 Å². The summed E-state index contributed by atoms with van der Waals surface area (Å²) in [7, 11) is 1.53. The predicted molar refractivity (Wildman–Crippen MR) is 120 cm³/mol. The summed E-state index contributed by atoms with van der Waals surface area (Å²) >= 11 is 0. The van der Waals surface area contributed by atoms with Gasteiger partial charge in [0.15, 0.2) is 11.5 Å². The lowest BCUT2D eigenvalue weighted by Gasteiger charge is -2.36. The second-order valence-electron chi connectivity index (χ2n) is 9.77. The number of alkyl halides is 3. The molecule has 2 fully saturated rings. The Morgan fingerprint density at radius 1 is 1.17 bits per heavy atom. The Morgan fingerprint density at radius 3 is 2.54 bits per heavy atom. The highest BCUT2D eigenvalue weighted by molar-refractivity contribution is 5.68. The maximum Gasteiger partial charge on any atom is 0.409 e. The Morgan fingerprint density at radius 2 is 1.89 bits per heavy atom. The number of rotatable bonds is 5. The zero-order valence-corrected chi connectivity index (χ0v) is 20.3. The van der Waals surface area contributed by atoms with E-state index in [9.17, 15) is 18.0 Å². The van der Waals surface area contributed by atoms with Crippen LogP contribution in [0.5, 0.6) is 0 Å². The van der Waals surface area contributed by atoms with Crippen LogP contribution in [-0.2, 0) is 9.47 Å². The molecule has 0 bridgehead atoms. The second-order valence-corrected chi connectivity index (χ2v) is 9.77. The molecule has 1 saturated heterocycles. The first-order valence-corrected chi connectivity index (χ1v) is 12.1. The molecule has 2 aliphatic rings. The number of carbonyl (C=O) groups is 1. The van der Waals surface area contributed by atoms with Crippen molar-refractivity contribution in [1.82, 2.24) is 19.5 Å². The third-order valence-electron chi connectivity index (χ3n) is 7.40. The van der Waals surface area contributed by atoms with Gasteiger partial charge in [-0.2, -0.15) is 18.3 Å².